The van der Waals surface area contributed by atoms with Gasteiger partial charge >= 0.3 is 0 Å². The smallest absolute Gasteiger partial charge is 0.226 e. The molecule has 3 heterocycles. The Bertz CT molecular complexity index is 403. The van der Waals surface area contributed by atoms with E-state index in [1.54, 1.807) is 0 Å². The van der Waals surface area contributed by atoms with Crippen molar-refractivity contribution in [1.29, 1.82) is 0 Å². The van der Waals surface area contributed by atoms with Crippen LogP contribution in [0.1, 0.15) is 57.7 Å². The molecule has 3 rings (SSSR count). The second kappa shape index (κ2) is 5.61. The molecule has 2 unspecified atom stereocenters. The van der Waals surface area contributed by atoms with Crippen molar-refractivity contribution < 1.29 is 4.52 Å². The third-order valence-electron chi connectivity index (χ3n) is 4.49. The highest BCUT2D eigenvalue weighted by Crippen LogP contribution is 2.32. The third kappa shape index (κ3) is 3.35. The summed E-state index contributed by atoms with van der Waals surface area (Å²) in [6.45, 7) is 4.46. The number of aromatic nitrogens is 2. The zero-order valence-electron chi connectivity index (χ0n) is 12.1. The molecule has 1 N–H and O–H groups in total. The average molecular weight is 263 g/mol. The van der Waals surface area contributed by atoms with Crippen LogP contribution in [0.2, 0.25) is 0 Å². The molecular weight excluding hydrogens is 238 g/mol. The Labute approximate surface area is 115 Å². The highest BCUT2D eigenvalue weighted by Gasteiger charge is 2.34. The molecule has 4 nitrogen and oxygen atoms in total. The Morgan fingerprint density at radius 1 is 1.26 bits per heavy atom. The Balaban J connectivity index is 1.52. The zero-order valence-corrected chi connectivity index (χ0v) is 12.1. The molecule has 0 aromatic carbocycles. The molecule has 2 bridgehead atoms. The van der Waals surface area contributed by atoms with Crippen molar-refractivity contribution in [3.05, 3.63) is 11.7 Å². The van der Waals surface area contributed by atoms with E-state index >= 15 is 0 Å². The number of nitrogens with zero attached hydrogens (tertiary/aromatic N) is 2. The maximum absolute atomic E-state index is 5.41. The standard InChI is InChI=1S/C15H25N3O/c1-10(2)3-6-14-17-15(19-18-14)9-11-7-12-4-5-13(8-11)16-12/h10-13,16H,3-9H2,1-2H3. The van der Waals surface area contributed by atoms with Crippen LogP contribution in [0.15, 0.2) is 4.52 Å². The zero-order chi connectivity index (χ0) is 13.2. The fourth-order valence-electron chi connectivity index (χ4n) is 3.48. The van der Waals surface area contributed by atoms with Gasteiger partial charge in [0.05, 0.1) is 0 Å². The van der Waals surface area contributed by atoms with Gasteiger partial charge in [-0.15, -0.1) is 0 Å². The molecule has 0 aliphatic carbocycles. The number of hydrogen-bond acceptors (Lipinski definition) is 4. The minimum atomic E-state index is 0.696. The molecule has 2 aliphatic heterocycles. The van der Waals surface area contributed by atoms with Crippen molar-refractivity contribution >= 4 is 0 Å². The number of nitrogens with one attached hydrogen (secondary N) is 1. The van der Waals surface area contributed by atoms with E-state index < -0.39 is 0 Å². The number of hydrogen-bond donors (Lipinski definition) is 1. The molecular formula is C15H25N3O. The van der Waals surface area contributed by atoms with Crippen LogP contribution in [0.25, 0.3) is 0 Å². The summed E-state index contributed by atoms with van der Waals surface area (Å²) >= 11 is 0. The van der Waals surface area contributed by atoms with E-state index in [1.165, 1.54) is 25.7 Å². The summed E-state index contributed by atoms with van der Waals surface area (Å²) in [5.41, 5.74) is 0. The van der Waals surface area contributed by atoms with Crippen LogP contribution < -0.4 is 5.32 Å². The molecule has 2 atom stereocenters. The van der Waals surface area contributed by atoms with Crippen molar-refractivity contribution in [2.75, 3.05) is 0 Å². The molecule has 0 radical (unpaired) electrons. The fourth-order valence-corrected chi connectivity index (χ4v) is 3.48. The minimum absolute atomic E-state index is 0.696. The van der Waals surface area contributed by atoms with Gasteiger partial charge in [-0.05, 0) is 43.9 Å². The molecule has 2 aliphatic rings. The van der Waals surface area contributed by atoms with Gasteiger partial charge in [0.2, 0.25) is 5.89 Å². The van der Waals surface area contributed by atoms with Gasteiger partial charge in [0, 0.05) is 24.9 Å². The molecule has 0 amide bonds. The molecule has 1 aromatic heterocycles. The largest absolute Gasteiger partial charge is 0.339 e. The Morgan fingerprint density at radius 3 is 2.68 bits per heavy atom. The van der Waals surface area contributed by atoms with E-state index in [-0.39, 0.29) is 0 Å². The summed E-state index contributed by atoms with van der Waals surface area (Å²) in [6.07, 6.45) is 8.31. The first kappa shape index (κ1) is 13.1. The van der Waals surface area contributed by atoms with Gasteiger partial charge in [-0.2, -0.15) is 4.98 Å². The lowest BCUT2D eigenvalue weighted by Gasteiger charge is -2.28. The summed E-state index contributed by atoms with van der Waals surface area (Å²) in [6, 6.07) is 1.49. The van der Waals surface area contributed by atoms with Crippen LogP contribution in [0.3, 0.4) is 0 Å². The average Bonchev–Trinajstić information content (AvgIpc) is 2.94. The molecule has 0 spiro atoms. The van der Waals surface area contributed by atoms with Crippen LogP contribution >= 0.6 is 0 Å². The summed E-state index contributed by atoms with van der Waals surface area (Å²) < 4.78 is 5.41. The van der Waals surface area contributed by atoms with E-state index in [2.05, 4.69) is 29.3 Å². The molecule has 19 heavy (non-hydrogen) atoms. The monoisotopic (exact) mass is 263 g/mol. The number of rotatable bonds is 5. The van der Waals surface area contributed by atoms with E-state index in [9.17, 15) is 0 Å². The maximum atomic E-state index is 5.41. The van der Waals surface area contributed by atoms with Crippen LogP contribution in [0.5, 0.6) is 0 Å². The van der Waals surface area contributed by atoms with Crippen LogP contribution in [0, 0.1) is 11.8 Å². The first-order valence-electron chi connectivity index (χ1n) is 7.76. The van der Waals surface area contributed by atoms with Gasteiger partial charge in [0.1, 0.15) is 0 Å². The van der Waals surface area contributed by atoms with Gasteiger partial charge in [-0.3, -0.25) is 0 Å². The van der Waals surface area contributed by atoms with E-state index in [0.29, 0.717) is 5.92 Å². The van der Waals surface area contributed by atoms with Gasteiger partial charge < -0.3 is 9.84 Å². The maximum Gasteiger partial charge on any atom is 0.226 e. The highest BCUT2D eigenvalue weighted by molar-refractivity contribution is 4.96. The molecule has 4 heteroatoms. The fraction of sp³-hybridized carbons (Fsp3) is 0.867. The second-order valence-electron chi connectivity index (χ2n) is 6.72. The quantitative estimate of drug-likeness (QED) is 0.887. The Morgan fingerprint density at radius 2 is 2.00 bits per heavy atom. The summed E-state index contributed by atoms with van der Waals surface area (Å²) in [7, 11) is 0. The summed E-state index contributed by atoms with van der Waals surface area (Å²) in [5.74, 6) is 3.17. The minimum Gasteiger partial charge on any atom is -0.339 e. The molecule has 2 saturated heterocycles. The lowest BCUT2D eigenvalue weighted by molar-refractivity contribution is 0.270. The van der Waals surface area contributed by atoms with Crippen molar-refractivity contribution in [3.8, 4) is 0 Å². The molecule has 1 aromatic rings. The van der Waals surface area contributed by atoms with Gasteiger partial charge in [0.15, 0.2) is 5.82 Å². The van der Waals surface area contributed by atoms with Crippen LogP contribution in [0.4, 0.5) is 0 Å². The van der Waals surface area contributed by atoms with Crippen molar-refractivity contribution in [1.82, 2.24) is 15.5 Å². The lowest BCUT2D eigenvalue weighted by atomic mass is 9.90. The first-order valence-corrected chi connectivity index (χ1v) is 7.76. The number of fused-ring (bicyclic) bond motifs is 2. The lowest BCUT2D eigenvalue weighted by Crippen LogP contribution is -2.38. The van der Waals surface area contributed by atoms with Gasteiger partial charge in [-0.1, -0.05) is 19.0 Å². The van der Waals surface area contributed by atoms with E-state index in [4.69, 9.17) is 4.52 Å². The van der Waals surface area contributed by atoms with Crippen molar-refractivity contribution in [3.63, 3.8) is 0 Å². The van der Waals surface area contributed by atoms with Gasteiger partial charge in [0.25, 0.3) is 0 Å². The van der Waals surface area contributed by atoms with Crippen LogP contribution in [-0.2, 0) is 12.8 Å². The summed E-state index contributed by atoms with van der Waals surface area (Å²) in [5, 5.41) is 7.78. The first-order chi connectivity index (χ1) is 9.19. The van der Waals surface area contributed by atoms with Crippen LogP contribution in [-0.4, -0.2) is 22.2 Å². The third-order valence-corrected chi connectivity index (χ3v) is 4.49. The Hall–Kier alpha value is -0.900. The second-order valence-corrected chi connectivity index (χ2v) is 6.72. The molecule has 106 valence electrons. The Kier molecular flexibility index (Phi) is 3.87. The highest BCUT2D eigenvalue weighted by atomic mass is 16.5. The van der Waals surface area contributed by atoms with Gasteiger partial charge in [-0.25, -0.2) is 0 Å². The van der Waals surface area contributed by atoms with Crippen molar-refractivity contribution in [2.24, 2.45) is 11.8 Å². The molecule has 2 fully saturated rings. The van der Waals surface area contributed by atoms with E-state index in [0.717, 1.165) is 49.0 Å². The number of aryl methyl sites for hydroxylation is 1. The predicted molar refractivity (Wildman–Crippen MR) is 73.8 cm³/mol. The molecule has 0 saturated carbocycles. The van der Waals surface area contributed by atoms with E-state index in [1.807, 2.05) is 0 Å². The summed E-state index contributed by atoms with van der Waals surface area (Å²) in [4.78, 5) is 4.55. The normalized spacial score (nSPS) is 30.2. The SMILES string of the molecule is CC(C)CCc1noc(CC2CC3CCC(C2)N3)n1. The number of piperidine rings is 1. The topological polar surface area (TPSA) is 51.0 Å². The predicted octanol–water partition coefficient (Wildman–Crippen LogP) is 2.73. The van der Waals surface area contributed by atoms with Crippen molar-refractivity contribution in [2.45, 2.75) is 70.9 Å².